The van der Waals surface area contributed by atoms with Crippen LogP contribution in [0.3, 0.4) is 0 Å². The standard InChI is InChI=1S/C19H19FN4O.HI/c1-21-19(23-11-13-6-7-18(25)16(20)10-13)24-12-14-8-9-22-17-5-3-2-4-15(14)17;/h2-10,25H,11-12H2,1H3,(H2,21,23,24);1H. The van der Waals surface area contributed by atoms with Gasteiger partial charge in [0.2, 0.25) is 0 Å². The number of nitrogens with one attached hydrogen (secondary N) is 2. The Hall–Kier alpha value is -2.42. The third-order valence-corrected chi connectivity index (χ3v) is 3.88. The molecule has 0 aliphatic rings. The fraction of sp³-hybridized carbons (Fsp3) is 0.158. The molecule has 26 heavy (non-hydrogen) atoms. The van der Waals surface area contributed by atoms with Gasteiger partial charge >= 0.3 is 0 Å². The molecule has 0 unspecified atom stereocenters. The van der Waals surface area contributed by atoms with Gasteiger partial charge in [0, 0.05) is 31.7 Å². The molecular formula is C19H20FIN4O. The minimum Gasteiger partial charge on any atom is -0.505 e. The predicted molar refractivity (Wildman–Crippen MR) is 112 cm³/mol. The predicted octanol–water partition coefficient (Wildman–Crippen LogP) is 3.56. The molecular weight excluding hydrogens is 446 g/mol. The van der Waals surface area contributed by atoms with Gasteiger partial charge < -0.3 is 15.7 Å². The number of rotatable bonds is 4. The van der Waals surface area contributed by atoms with Crippen LogP contribution < -0.4 is 10.6 Å². The first-order valence-corrected chi connectivity index (χ1v) is 7.92. The molecule has 1 aromatic heterocycles. The van der Waals surface area contributed by atoms with Gasteiger partial charge in [-0.1, -0.05) is 24.3 Å². The monoisotopic (exact) mass is 466 g/mol. The number of aliphatic imine (C=N–C) groups is 1. The number of aromatic nitrogens is 1. The number of halogens is 2. The van der Waals surface area contributed by atoms with E-state index in [1.54, 1.807) is 19.3 Å². The Kier molecular flexibility index (Phi) is 7.14. The topological polar surface area (TPSA) is 69.5 Å². The van der Waals surface area contributed by atoms with E-state index in [2.05, 4.69) is 20.6 Å². The maximum absolute atomic E-state index is 13.4. The van der Waals surface area contributed by atoms with Crippen molar-refractivity contribution in [3.05, 3.63) is 71.7 Å². The molecule has 0 aliphatic carbocycles. The molecule has 0 fully saturated rings. The van der Waals surface area contributed by atoms with E-state index in [4.69, 9.17) is 0 Å². The average Bonchev–Trinajstić information content (AvgIpc) is 2.64. The average molecular weight is 466 g/mol. The summed E-state index contributed by atoms with van der Waals surface area (Å²) in [4.78, 5) is 8.52. The van der Waals surface area contributed by atoms with Crippen LogP contribution in [-0.2, 0) is 13.1 Å². The fourth-order valence-corrected chi connectivity index (χ4v) is 2.55. The number of aromatic hydroxyl groups is 1. The Labute approximate surface area is 168 Å². The summed E-state index contributed by atoms with van der Waals surface area (Å²) < 4.78 is 13.4. The molecule has 3 N–H and O–H groups in total. The zero-order chi connectivity index (χ0) is 17.6. The first-order chi connectivity index (χ1) is 12.2. The molecule has 0 saturated carbocycles. The van der Waals surface area contributed by atoms with Gasteiger partial charge in [0.15, 0.2) is 17.5 Å². The lowest BCUT2D eigenvalue weighted by atomic mass is 10.1. The van der Waals surface area contributed by atoms with Gasteiger partial charge in [0.25, 0.3) is 0 Å². The van der Waals surface area contributed by atoms with Gasteiger partial charge in [-0.3, -0.25) is 9.98 Å². The maximum atomic E-state index is 13.4. The highest BCUT2D eigenvalue weighted by molar-refractivity contribution is 14.0. The van der Waals surface area contributed by atoms with Crippen molar-refractivity contribution in [3.8, 4) is 5.75 Å². The molecule has 2 aromatic carbocycles. The Morgan fingerprint density at radius 3 is 2.65 bits per heavy atom. The van der Waals surface area contributed by atoms with Gasteiger partial charge in [0.1, 0.15) is 0 Å². The number of phenols is 1. The Balaban J connectivity index is 0.00000243. The van der Waals surface area contributed by atoms with Crippen molar-refractivity contribution in [1.29, 1.82) is 0 Å². The van der Waals surface area contributed by atoms with Crippen LogP contribution in [0, 0.1) is 5.82 Å². The normalized spacial score (nSPS) is 11.1. The highest BCUT2D eigenvalue weighted by Crippen LogP contribution is 2.17. The lowest BCUT2D eigenvalue weighted by Gasteiger charge is -2.13. The number of hydrogen-bond donors (Lipinski definition) is 3. The van der Waals surface area contributed by atoms with Crippen molar-refractivity contribution in [2.75, 3.05) is 7.05 Å². The molecule has 0 bridgehead atoms. The van der Waals surface area contributed by atoms with Gasteiger partial charge in [-0.2, -0.15) is 0 Å². The number of guanidine groups is 1. The smallest absolute Gasteiger partial charge is 0.191 e. The van der Waals surface area contributed by atoms with Crippen LogP contribution in [0.5, 0.6) is 5.75 Å². The molecule has 136 valence electrons. The number of benzene rings is 2. The summed E-state index contributed by atoms with van der Waals surface area (Å²) in [6.45, 7) is 0.987. The highest BCUT2D eigenvalue weighted by Gasteiger charge is 2.05. The lowest BCUT2D eigenvalue weighted by molar-refractivity contribution is 0.431. The molecule has 3 rings (SSSR count). The molecule has 1 heterocycles. The lowest BCUT2D eigenvalue weighted by Crippen LogP contribution is -2.36. The third kappa shape index (κ3) is 4.81. The van der Waals surface area contributed by atoms with E-state index >= 15 is 0 Å². The minimum absolute atomic E-state index is 0. The van der Waals surface area contributed by atoms with Gasteiger partial charge in [-0.15, -0.1) is 24.0 Å². The quantitative estimate of drug-likeness (QED) is 0.313. The molecule has 0 amide bonds. The number of hydrogen-bond acceptors (Lipinski definition) is 3. The van der Waals surface area contributed by atoms with Gasteiger partial charge in [-0.05, 0) is 35.4 Å². The fourth-order valence-electron chi connectivity index (χ4n) is 2.55. The van der Waals surface area contributed by atoms with Crippen LogP contribution in [0.1, 0.15) is 11.1 Å². The van der Waals surface area contributed by atoms with Gasteiger partial charge in [0.05, 0.1) is 5.52 Å². The third-order valence-electron chi connectivity index (χ3n) is 3.88. The second kappa shape index (κ2) is 9.33. The Bertz CT molecular complexity index is 912. The van der Waals surface area contributed by atoms with Crippen LogP contribution in [0.4, 0.5) is 4.39 Å². The summed E-state index contributed by atoms with van der Waals surface area (Å²) in [5.41, 5.74) is 2.78. The molecule has 0 spiro atoms. The van der Waals surface area contributed by atoms with Crippen LogP contribution in [0.25, 0.3) is 10.9 Å². The van der Waals surface area contributed by atoms with E-state index in [9.17, 15) is 9.50 Å². The zero-order valence-electron chi connectivity index (χ0n) is 14.2. The SMILES string of the molecule is CN=C(NCc1ccc(O)c(F)c1)NCc1ccnc2ccccc12.I. The van der Waals surface area contributed by atoms with Crippen molar-refractivity contribution < 1.29 is 9.50 Å². The van der Waals surface area contributed by atoms with Crippen molar-refractivity contribution in [2.45, 2.75) is 13.1 Å². The molecule has 3 aromatic rings. The summed E-state index contributed by atoms with van der Waals surface area (Å²) in [6, 6.07) is 14.2. The van der Waals surface area contributed by atoms with Crippen LogP contribution in [0.15, 0.2) is 59.7 Å². The molecule has 0 atom stereocenters. The maximum Gasteiger partial charge on any atom is 0.191 e. The Morgan fingerprint density at radius 1 is 1.12 bits per heavy atom. The van der Waals surface area contributed by atoms with E-state index in [1.807, 2.05) is 30.3 Å². The summed E-state index contributed by atoms with van der Waals surface area (Å²) in [7, 11) is 1.68. The van der Waals surface area contributed by atoms with Crippen LogP contribution >= 0.6 is 24.0 Å². The van der Waals surface area contributed by atoms with E-state index < -0.39 is 5.82 Å². The summed E-state index contributed by atoms with van der Waals surface area (Å²) in [6.07, 6.45) is 1.79. The molecule has 0 radical (unpaired) electrons. The second-order valence-electron chi connectivity index (χ2n) is 5.55. The van der Waals surface area contributed by atoms with E-state index in [-0.39, 0.29) is 29.7 Å². The summed E-state index contributed by atoms with van der Waals surface area (Å²) in [5.74, 6) is -0.379. The molecule has 0 aliphatic heterocycles. The molecule has 5 nitrogen and oxygen atoms in total. The number of pyridine rings is 1. The van der Waals surface area contributed by atoms with Crippen molar-refractivity contribution in [1.82, 2.24) is 15.6 Å². The Morgan fingerprint density at radius 2 is 1.88 bits per heavy atom. The second-order valence-corrected chi connectivity index (χ2v) is 5.55. The van der Waals surface area contributed by atoms with Crippen LogP contribution in [-0.4, -0.2) is 23.1 Å². The van der Waals surface area contributed by atoms with E-state index in [1.165, 1.54) is 12.1 Å². The molecule has 7 heteroatoms. The summed E-state index contributed by atoms with van der Waals surface area (Å²) in [5, 5.41) is 16.7. The van der Waals surface area contributed by atoms with E-state index in [0.29, 0.717) is 24.6 Å². The molecule has 0 saturated heterocycles. The highest BCUT2D eigenvalue weighted by atomic mass is 127. The number of nitrogens with zero attached hydrogens (tertiary/aromatic N) is 2. The first kappa shape index (κ1) is 19.9. The first-order valence-electron chi connectivity index (χ1n) is 7.92. The van der Waals surface area contributed by atoms with Crippen molar-refractivity contribution in [2.24, 2.45) is 4.99 Å². The number of para-hydroxylation sites is 1. The van der Waals surface area contributed by atoms with Crippen molar-refractivity contribution >= 4 is 40.8 Å². The van der Waals surface area contributed by atoms with Gasteiger partial charge in [-0.25, -0.2) is 4.39 Å². The van der Waals surface area contributed by atoms with Crippen molar-refractivity contribution in [3.63, 3.8) is 0 Å². The zero-order valence-corrected chi connectivity index (χ0v) is 16.6. The van der Waals surface area contributed by atoms with E-state index in [0.717, 1.165) is 16.5 Å². The number of fused-ring (bicyclic) bond motifs is 1. The summed E-state index contributed by atoms with van der Waals surface area (Å²) >= 11 is 0. The number of phenolic OH excluding ortho intramolecular Hbond substituents is 1. The van der Waals surface area contributed by atoms with Crippen LogP contribution in [0.2, 0.25) is 0 Å². The minimum atomic E-state index is -0.634. The largest absolute Gasteiger partial charge is 0.505 e.